The summed E-state index contributed by atoms with van der Waals surface area (Å²) in [6.07, 6.45) is 0. The Bertz CT molecular complexity index is 1070. The maximum atomic E-state index is 5.61. The molecule has 4 rings (SSSR count). The lowest BCUT2D eigenvalue weighted by Crippen LogP contribution is -2.21. The third-order valence-corrected chi connectivity index (χ3v) is 5.97. The summed E-state index contributed by atoms with van der Waals surface area (Å²) in [5, 5.41) is 0. The fourth-order valence-electron chi connectivity index (χ4n) is 4.22. The van der Waals surface area contributed by atoms with Gasteiger partial charge in [-0.1, -0.05) is 86.6 Å². The van der Waals surface area contributed by atoms with Crippen molar-refractivity contribution in [1.29, 1.82) is 0 Å². The molecule has 0 aliphatic carbocycles. The van der Waals surface area contributed by atoms with Crippen molar-refractivity contribution in [2.45, 2.75) is 19.3 Å². The second-order valence-electron chi connectivity index (χ2n) is 8.18. The van der Waals surface area contributed by atoms with E-state index in [0.29, 0.717) is 0 Å². The van der Waals surface area contributed by atoms with Crippen molar-refractivity contribution in [3.63, 3.8) is 0 Å². The number of rotatable bonds is 6. The summed E-state index contributed by atoms with van der Waals surface area (Å²) in [6.45, 7) is 4.55. The van der Waals surface area contributed by atoms with Crippen LogP contribution in [0.5, 0.6) is 11.5 Å². The SMILES string of the molecule is COc1ccc(-c2ccccc2)c(C(C)(C)c2cc(OC)ccc2-c2ccccc2)c1. The smallest absolute Gasteiger partial charge is 0.119 e. The summed E-state index contributed by atoms with van der Waals surface area (Å²) in [5.74, 6) is 1.71. The third-order valence-electron chi connectivity index (χ3n) is 5.97. The quantitative estimate of drug-likeness (QED) is 0.332. The van der Waals surface area contributed by atoms with Gasteiger partial charge in [0, 0.05) is 5.41 Å². The second kappa shape index (κ2) is 8.69. The second-order valence-corrected chi connectivity index (χ2v) is 8.18. The predicted octanol–water partition coefficient (Wildman–Crippen LogP) is 7.36. The van der Waals surface area contributed by atoms with Gasteiger partial charge in [-0.25, -0.2) is 0 Å². The van der Waals surface area contributed by atoms with Gasteiger partial charge >= 0.3 is 0 Å². The lowest BCUT2D eigenvalue weighted by Gasteiger charge is -2.32. The molecule has 2 nitrogen and oxygen atoms in total. The first-order valence-corrected chi connectivity index (χ1v) is 10.5. The van der Waals surface area contributed by atoms with E-state index in [2.05, 4.69) is 86.6 Å². The molecule has 2 heteroatoms. The lowest BCUT2D eigenvalue weighted by molar-refractivity contribution is 0.411. The van der Waals surface area contributed by atoms with Gasteiger partial charge in [-0.05, 0) is 57.6 Å². The normalized spacial score (nSPS) is 11.2. The minimum absolute atomic E-state index is 0.306. The average molecular weight is 409 g/mol. The molecule has 0 aliphatic heterocycles. The van der Waals surface area contributed by atoms with Gasteiger partial charge in [-0.2, -0.15) is 0 Å². The van der Waals surface area contributed by atoms with Crippen LogP contribution in [0.2, 0.25) is 0 Å². The first kappa shape index (κ1) is 20.7. The molecule has 0 aromatic heterocycles. The molecular formula is C29H28O2. The van der Waals surface area contributed by atoms with E-state index in [4.69, 9.17) is 9.47 Å². The number of hydrogen-bond acceptors (Lipinski definition) is 2. The minimum atomic E-state index is -0.306. The van der Waals surface area contributed by atoms with E-state index in [1.54, 1.807) is 14.2 Å². The van der Waals surface area contributed by atoms with Gasteiger partial charge in [0.25, 0.3) is 0 Å². The molecule has 0 bridgehead atoms. The van der Waals surface area contributed by atoms with Crippen LogP contribution in [0.15, 0.2) is 97.1 Å². The number of ether oxygens (including phenoxy) is 2. The molecule has 4 aromatic rings. The van der Waals surface area contributed by atoms with Gasteiger partial charge in [-0.15, -0.1) is 0 Å². The number of hydrogen-bond donors (Lipinski definition) is 0. The number of methoxy groups -OCH3 is 2. The van der Waals surface area contributed by atoms with Crippen molar-refractivity contribution >= 4 is 0 Å². The molecule has 0 heterocycles. The molecule has 0 aliphatic rings. The summed E-state index contributed by atoms with van der Waals surface area (Å²) in [6, 6.07) is 33.8. The zero-order valence-corrected chi connectivity index (χ0v) is 18.6. The highest BCUT2D eigenvalue weighted by atomic mass is 16.5. The molecular weight excluding hydrogens is 380 g/mol. The summed E-state index contributed by atoms with van der Waals surface area (Å²) >= 11 is 0. The van der Waals surface area contributed by atoms with Gasteiger partial charge < -0.3 is 9.47 Å². The Morgan fingerprint density at radius 2 is 0.903 bits per heavy atom. The van der Waals surface area contributed by atoms with Crippen LogP contribution in [0.4, 0.5) is 0 Å². The molecule has 0 saturated heterocycles. The third kappa shape index (κ3) is 4.06. The molecule has 0 atom stereocenters. The predicted molar refractivity (Wildman–Crippen MR) is 129 cm³/mol. The van der Waals surface area contributed by atoms with Crippen LogP contribution in [-0.4, -0.2) is 14.2 Å². The Balaban J connectivity index is 1.97. The van der Waals surface area contributed by atoms with Crippen LogP contribution >= 0.6 is 0 Å². The van der Waals surface area contributed by atoms with Crippen LogP contribution in [0.1, 0.15) is 25.0 Å². The molecule has 0 radical (unpaired) electrons. The fraction of sp³-hybridized carbons (Fsp3) is 0.172. The Morgan fingerprint density at radius 1 is 0.516 bits per heavy atom. The van der Waals surface area contributed by atoms with E-state index in [1.807, 2.05) is 24.3 Å². The largest absolute Gasteiger partial charge is 0.497 e. The van der Waals surface area contributed by atoms with E-state index in [-0.39, 0.29) is 5.41 Å². The Morgan fingerprint density at radius 3 is 1.26 bits per heavy atom. The van der Waals surface area contributed by atoms with Crippen LogP contribution in [0, 0.1) is 0 Å². The summed E-state index contributed by atoms with van der Waals surface area (Å²) in [5.41, 5.74) is 6.91. The van der Waals surface area contributed by atoms with Crippen LogP contribution in [-0.2, 0) is 5.41 Å². The maximum Gasteiger partial charge on any atom is 0.119 e. The first-order chi connectivity index (χ1) is 15.0. The minimum Gasteiger partial charge on any atom is -0.497 e. The van der Waals surface area contributed by atoms with Crippen LogP contribution in [0.25, 0.3) is 22.3 Å². The van der Waals surface area contributed by atoms with E-state index in [1.165, 1.54) is 33.4 Å². The summed E-state index contributed by atoms with van der Waals surface area (Å²) < 4.78 is 11.2. The highest BCUT2D eigenvalue weighted by molar-refractivity contribution is 5.75. The van der Waals surface area contributed by atoms with Crippen LogP contribution in [0.3, 0.4) is 0 Å². The highest BCUT2D eigenvalue weighted by Crippen LogP contribution is 2.44. The van der Waals surface area contributed by atoms with E-state index in [9.17, 15) is 0 Å². The molecule has 156 valence electrons. The molecule has 0 saturated carbocycles. The molecule has 0 spiro atoms. The Kier molecular flexibility index (Phi) is 5.81. The molecule has 0 fully saturated rings. The number of benzene rings is 4. The van der Waals surface area contributed by atoms with Crippen molar-refractivity contribution in [2.24, 2.45) is 0 Å². The van der Waals surface area contributed by atoms with E-state index < -0.39 is 0 Å². The first-order valence-electron chi connectivity index (χ1n) is 10.5. The van der Waals surface area contributed by atoms with E-state index in [0.717, 1.165) is 11.5 Å². The monoisotopic (exact) mass is 408 g/mol. The summed E-state index contributed by atoms with van der Waals surface area (Å²) in [4.78, 5) is 0. The fourth-order valence-corrected chi connectivity index (χ4v) is 4.22. The van der Waals surface area contributed by atoms with Crippen molar-refractivity contribution < 1.29 is 9.47 Å². The van der Waals surface area contributed by atoms with Gasteiger partial charge in [0.05, 0.1) is 14.2 Å². The molecule has 31 heavy (non-hydrogen) atoms. The van der Waals surface area contributed by atoms with Crippen molar-refractivity contribution in [3.05, 3.63) is 108 Å². The van der Waals surface area contributed by atoms with Crippen molar-refractivity contribution in [3.8, 4) is 33.8 Å². The van der Waals surface area contributed by atoms with Gasteiger partial charge in [0.1, 0.15) is 11.5 Å². The Labute approximate surface area is 185 Å². The van der Waals surface area contributed by atoms with Gasteiger partial charge in [-0.3, -0.25) is 0 Å². The van der Waals surface area contributed by atoms with Gasteiger partial charge in [0.2, 0.25) is 0 Å². The molecule has 0 N–H and O–H groups in total. The average Bonchev–Trinajstić information content (AvgIpc) is 2.84. The molecule has 4 aromatic carbocycles. The topological polar surface area (TPSA) is 18.5 Å². The van der Waals surface area contributed by atoms with Crippen molar-refractivity contribution in [2.75, 3.05) is 14.2 Å². The van der Waals surface area contributed by atoms with Crippen molar-refractivity contribution in [1.82, 2.24) is 0 Å². The van der Waals surface area contributed by atoms with Crippen LogP contribution < -0.4 is 9.47 Å². The lowest BCUT2D eigenvalue weighted by atomic mass is 9.72. The summed E-state index contributed by atoms with van der Waals surface area (Å²) in [7, 11) is 3.44. The Hall–Kier alpha value is -3.52. The standard InChI is InChI=1S/C29H28O2/c1-29(2,27-19-23(30-3)15-17-25(27)21-11-7-5-8-12-21)28-20-24(31-4)16-18-26(28)22-13-9-6-10-14-22/h5-20H,1-4H3. The van der Waals surface area contributed by atoms with E-state index >= 15 is 0 Å². The molecule has 0 unspecified atom stereocenters. The van der Waals surface area contributed by atoms with Gasteiger partial charge in [0.15, 0.2) is 0 Å². The highest BCUT2D eigenvalue weighted by Gasteiger charge is 2.30. The zero-order valence-electron chi connectivity index (χ0n) is 18.6. The maximum absolute atomic E-state index is 5.61. The molecule has 0 amide bonds. The zero-order chi connectivity index (χ0) is 21.8.